The topological polar surface area (TPSA) is 12.0 Å². The fourth-order valence-electron chi connectivity index (χ4n) is 4.58. The SMILES string of the molecule is Cc1ccc2ccc(C)c3c2c1C(c1ccccc1)NC3c1ccccc1. The normalized spacial score (nSPS) is 18.6. The third-order valence-electron chi connectivity index (χ3n) is 5.88. The average molecular weight is 349 g/mol. The van der Waals surface area contributed by atoms with Gasteiger partial charge < -0.3 is 0 Å². The van der Waals surface area contributed by atoms with E-state index in [1.165, 1.54) is 44.2 Å². The third kappa shape index (κ3) is 2.58. The smallest absolute Gasteiger partial charge is 0.0592 e. The van der Waals surface area contributed by atoms with Crippen LogP contribution in [0.2, 0.25) is 0 Å². The minimum Gasteiger partial charge on any atom is -0.295 e. The lowest BCUT2D eigenvalue weighted by Gasteiger charge is -2.36. The molecule has 0 amide bonds. The predicted molar refractivity (Wildman–Crippen MR) is 113 cm³/mol. The fourth-order valence-corrected chi connectivity index (χ4v) is 4.58. The van der Waals surface area contributed by atoms with E-state index >= 15 is 0 Å². The summed E-state index contributed by atoms with van der Waals surface area (Å²) >= 11 is 0. The molecule has 0 saturated carbocycles. The summed E-state index contributed by atoms with van der Waals surface area (Å²) in [5.41, 5.74) is 8.18. The molecule has 1 aliphatic heterocycles. The second-order valence-electron chi connectivity index (χ2n) is 7.54. The van der Waals surface area contributed by atoms with Crippen LogP contribution in [0.3, 0.4) is 0 Å². The van der Waals surface area contributed by atoms with E-state index in [4.69, 9.17) is 0 Å². The van der Waals surface area contributed by atoms with E-state index < -0.39 is 0 Å². The van der Waals surface area contributed by atoms with Crippen LogP contribution in [-0.4, -0.2) is 0 Å². The van der Waals surface area contributed by atoms with Crippen molar-refractivity contribution >= 4 is 10.8 Å². The summed E-state index contributed by atoms with van der Waals surface area (Å²) in [7, 11) is 0. The van der Waals surface area contributed by atoms with E-state index in [9.17, 15) is 0 Å². The van der Waals surface area contributed by atoms with Crippen molar-refractivity contribution in [2.75, 3.05) is 0 Å². The first-order chi connectivity index (χ1) is 13.2. The van der Waals surface area contributed by atoms with Crippen LogP contribution in [-0.2, 0) is 0 Å². The maximum Gasteiger partial charge on any atom is 0.0592 e. The third-order valence-corrected chi connectivity index (χ3v) is 5.88. The highest BCUT2D eigenvalue weighted by Crippen LogP contribution is 2.44. The van der Waals surface area contributed by atoms with Crippen LogP contribution in [0.1, 0.15) is 45.5 Å². The second-order valence-corrected chi connectivity index (χ2v) is 7.54. The zero-order valence-corrected chi connectivity index (χ0v) is 15.7. The molecule has 0 saturated heterocycles. The monoisotopic (exact) mass is 349 g/mol. The molecule has 1 N–H and O–H groups in total. The molecule has 1 nitrogen and oxygen atoms in total. The number of rotatable bonds is 2. The zero-order chi connectivity index (χ0) is 18.4. The van der Waals surface area contributed by atoms with Gasteiger partial charge in [0, 0.05) is 0 Å². The highest BCUT2D eigenvalue weighted by molar-refractivity contribution is 5.93. The van der Waals surface area contributed by atoms with Crippen molar-refractivity contribution in [3.63, 3.8) is 0 Å². The Labute approximate surface area is 160 Å². The van der Waals surface area contributed by atoms with Gasteiger partial charge in [-0.3, -0.25) is 5.32 Å². The van der Waals surface area contributed by atoms with Gasteiger partial charge in [-0.25, -0.2) is 0 Å². The Balaban J connectivity index is 1.86. The van der Waals surface area contributed by atoms with Crippen molar-refractivity contribution in [3.8, 4) is 0 Å². The van der Waals surface area contributed by atoms with Gasteiger partial charge in [-0.05, 0) is 58.0 Å². The Bertz CT molecular complexity index is 1030. The van der Waals surface area contributed by atoms with Gasteiger partial charge in [-0.2, -0.15) is 0 Å². The average Bonchev–Trinajstić information content (AvgIpc) is 2.73. The molecule has 0 aliphatic carbocycles. The summed E-state index contributed by atoms with van der Waals surface area (Å²) in [5, 5.41) is 6.74. The first kappa shape index (κ1) is 16.3. The molecule has 0 radical (unpaired) electrons. The molecule has 2 unspecified atom stereocenters. The summed E-state index contributed by atoms with van der Waals surface area (Å²) in [6, 6.07) is 31.1. The van der Waals surface area contributed by atoms with Crippen LogP contribution >= 0.6 is 0 Å². The Morgan fingerprint density at radius 1 is 0.556 bits per heavy atom. The van der Waals surface area contributed by atoms with E-state index in [1.807, 2.05) is 0 Å². The van der Waals surface area contributed by atoms with Crippen LogP contribution in [0.4, 0.5) is 0 Å². The Morgan fingerprint density at radius 2 is 1.00 bits per heavy atom. The standard InChI is InChI=1S/C26H23N/c1-17-13-15-19-16-14-18(2)23-24(19)22(17)25(20-9-5-3-6-10-20)27-26(23)21-11-7-4-8-12-21/h3-16,25-27H,1-2H3. The number of aryl methyl sites for hydroxylation is 2. The van der Waals surface area contributed by atoms with Crippen LogP contribution in [0.5, 0.6) is 0 Å². The minimum absolute atomic E-state index is 0.189. The highest BCUT2D eigenvalue weighted by Gasteiger charge is 2.32. The molecule has 4 aromatic rings. The van der Waals surface area contributed by atoms with E-state index in [-0.39, 0.29) is 12.1 Å². The van der Waals surface area contributed by atoms with E-state index in [2.05, 4.69) is 104 Å². The van der Waals surface area contributed by atoms with Gasteiger partial charge in [0.1, 0.15) is 0 Å². The molecule has 2 atom stereocenters. The second kappa shape index (κ2) is 6.37. The van der Waals surface area contributed by atoms with Crippen molar-refractivity contribution in [3.05, 3.63) is 118 Å². The number of benzene rings is 4. The Morgan fingerprint density at radius 3 is 1.44 bits per heavy atom. The van der Waals surface area contributed by atoms with Crippen molar-refractivity contribution in [2.45, 2.75) is 25.9 Å². The lowest BCUT2D eigenvalue weighted by atomic mass is 9.79. The van der Waals surface area contributed by atoms with Gasteiger partial charge >= 0.3 is 0 Å². The molecule has 0 fully saturated rings. The van der Waals surface area contributed by atoms with Gasteiger partial charge in [0.15, 0.2) is 0 Å². The molecular formula is C26H23N. The van der Waals surface area contributed by atoms with Gasteiger partial charge in [0.25, 0.3) is 0 Å². The van der Waals surface area contributed by atoms with Crippen LogP contribution in [0, 0.1) is 13.8 Å². The molecule has 1 heterocycles. The molecular weight excluding hydrogens is 326 g/mol. The van der Waals surface area contributed by atoms with Crippen molar-refractivity contribution < 1.29 is 0 Å². The van der Waals surface area contributed by atoms with Crippen molar-refractivity contribution in [2.24, 2.45) is 0 Å². The molecule has 0 aromatic heterocycles. The van der Waals surface area contributed by atoms with Gasteiger partial charge in [-0.1, -0.05) is 84.9 Å². The predicted octanol–water partition coefficient (Wildman–Crippen LogP) is 6.24. The van der Waals surface area contributed by atoms with E-state index in [1.54, 1.807) is 0 Å². The fraction of sp³-hybridized carbons (Fsp3) is 0.154. The van der Waals surface area contributed by atoms with Crippen molar-refractivity contribution in [1.29, 1.82) is 0 Å². The summed E-state index contributed by atoms with van der Waals surface area (Å²) in [6.45, 7) is 4.47. The molecule has 4 aromatic carbocycles. The summed E-state index contributed by atoms with van der Waals surface area (Å²) in [6.07, 6.45) is 0. The van der Waals surface area contributed by atoms with E-state index in [0.717, 1.165) is 0 Å². The molecule has 1 heteroatoms. The maximum atomic E-state index is 3.98. The molecule has 27 heavy (non-hydrogen) atoms. The summed E-state index contributed by atoms with van der Waals surface area (Å²) in [5.74, 6) is 0. The number of hydrogen-bond acceptors (Lipinski definition) is 1. The van der Waals surface area contributed by atoms with Crippen LogP contribution < -0.4 is 5.32 Å². The molecule has 132 valence electrons. The number of nitrogens with one attached hydrogen (secondary N) is 1. The highest BCUT2D eigenvalue weighted by atomic mass is 15.0. The lowest BCUT2D eigenvalue weighted by Crippen LogP contribution is -2.33. The van der Waals surface area contributed by atoms with Crippen LogP contribution in [0.15, 0.2) is 84.9 Å². The summed E-state index contributed by atoms with van der Waals surface area (Å²) in [4.78, 5) is 0. The first-order valence-electron chi connectivity index (χ1n) is 9.62. The molecule has 0 spiro atoms. The molecule has 0 bridgehead atoms. The lowest BCUT2D eigenvalue weighted by molar-refractivity contribution is 0.528. The Kier molecular flexibility index (Phi) is 3.84. The van der Waals surface area contributed by atoms with E-state index in [0.29, 0.717) is 0 Å². The van der Waals surface area contributed by atoms with Crippen molar-refractivity contribution in [1.82, 2.24) is 5.32 Å². The van der Waals surface area contributed by atoms with Gasteiger partial charge in [-0.15, -0.1) is 0 Å². The van der Waals surface area contributed by atoms with Crippen LogP contribution in [0.25, 0.3) is 10.8 Å². The zero-order valence-electron chi connectivity index (χ0n) is 15.7. The first-order valence-corrected chi connectivity index (χ1v) is 9.62. The van der Waals surface area contributed by atoms with Gasteiger partial charge in [0.2, 0.25) is 0 Å². The largest absolute Gasteiger partial charge is 0.295 e. The maximum absolute atomic E-state index is 3.98. The molecule has 5 rings (SSSR count). The number of hydrogen-bond donors (Lipinski definition) is 1. The summed E-state index contributed by atoms with van der Waals surface area (Å²) < 4.78 is 0. The molecule has 1 aliphatic rings. The quantitative estimate of drug-likeness (QED) is 0.452. The minimum atomic E-state index is 0.189. The van der Waals surface area contributed by atoms with Gasteiger partial charge in [0.05, 0.1) is 12.1 Å². The Hall–Kier alpha value is -2.90.